The van der Waals surface area contributed by atoms with Crippen molar-refractivity contribution in [3.8, 4) is 6.07 Å². The fourth-order valence-corrected chi connectivity index (χ4v) is 2.72. The zero-order valence-corrected chi connectivity index (χ0v) is 13.6. The Hall–Kier alpha value is -2.39. The number of likely N-dealkylation sites (tertiary alicyclic amines) is 1. The quantitative estimate of drug-likeness (QED) is 0.903. The van der Waals surface area contributed by atoms with Gasteiger partial charge in [-0.1, -0.05) is 12.1 Å². The van der Waals surface area contributed by atoms with Crippen LogP contribution in [0.15, 0.2) is 24.3 Å². The summed E-state index contributed by atoms with van der Waals surface area (Å²) < 4.78 is 5.25. The number of primary amides is 1. The van der Waals surface area contributed by atoms with Crippen LogP contribution in [0.1, 0.15) is 36.2 Å². The Balaban J connectivity index is 2.23. The van der Waals surface area contributed by atoms with Gasteiger partial charge in [0.25, 0.3) is 5.91 Å². The minimum absolute atomic E-state index is 0.187. The van der Waals surface area contributed by atoms with Crippen molar-refractivity contribution in [3.63, 3.8) is 0 Å². The van der Waals surface area contributed by atoms with Crippen molar-refractivity contribution in [2.24, 2.45) is 5.73 Å². The van der Waals surface area contributed by atoms with Gasteiger partial charge in [0.1, 0.15) is 6.04 Å². The van der Waals surface area contributed by atoms with E-state index < -0.39 is 17.4 Å². The third-order valence-corrected chi connectivity index (χ3v) is 4.32. The predicted molar refractivity (Wildman–Crippen MR) is 84.5 cm³/mol. The van der Waals surface area contributed by atoms with Crippen LogP contribution >= 0.6 is 0 Å². The van der Waals surface area contributed by atoms with Crippen LogP contribution in [0.5, 0.6) is 0 Å². The molecule has 122 valence electrons. The molecule has 0 bridgehead atoms. The van der Waals surface area contributed by atoms with Crippen molar-refractivity contribution in [2.75, 3.05) is 13.7 Å². The fourth-order valence-electron chi connectivity index (χ4n) is 2.72. The number of hydrogen-bond acceptors (Lipinski definition) is 4. The summed E-state index contributed by atoms with van der Waals surface area (Å²) in [6, 6.07) is 8.45. The van der Waals surface area contributed by atoms with E-state index in [4.69, 9.17) is 15.7 Å². The summed E-state index contributed by atoms with van der Waals surface area (Å²) in [5.41, 5.74) is 6.07. The number of ether oxygens (including phenoxy) is 1. The molecule has 0 unspecified atom stereocenters. The maximum absolute atomic E-state index is 12.7. The molecule has 2 N–H and O–H groups in total. The van der Waals surface area contributed by atoms with E-state index >= 15 is 0 Å². The number of nitrogens with two attached hydrogens (primary N) is 1. The van der Waals surface area contributed by atoms with Crippen molar-refractivity contribution >= 4 is 11.8 Å². The molecule has 1 aromatic rings. The van der Waals surface area contributed by atoms with Gasteiger partial charge < -0.3 is 15.4 Å². The molecule has 0 aromatic heterocycles. The molecule has 1 saturated heterocycles. The molecule has 1 fully saturated rings. The monoisotopic (exact) mass is 315 g/mol. The smallest absolute Gasteiger partial charge is 0.254 e. The average Bonchev–Trinajstić information content (AvgIpc) is 2.99. The van der Waals surface area contributed by atoms with Crippen molar-refractivity contribution in [1.82, 2.24) is 4.90 Å². The highest BCUT2D eigenvalue weighted by molar-refractivity contribution is 5.97. The lowest BCUT2D eigenvalue weighted by molar-refractivity contribution is -0.121. The molecule has 1 aliphatic rings. The van der Waals surface area contributed by atoms with Gasteiger partial charge in [-0.25, -0.2) is 0 Å². The van der Waals surface area contributed by atoms with Crippen LogP contribution in [0.2, 0.25) is 0 Å². The first-order chi connectivity index (χ1) is 10.8. The number of nitrogens with zero attached hydrogens (tertiary/aromatic N) is 2. The molecule has 0 spiro atoms. The number of rotatable bonds is 4. The Morgan fingerprint density at radius 1 is 1.35 bits per heavy atom. The first-order valence-corrected chi connectivity index (χ1v) is 7.45. The van der Waals surface area contributed by atoms with E-state index in [9.17, 15) is 9.59 Å². The van der Waals surface area contributed by atoms with Crippen LogP contribution in [0, 0.1) is 11.3 Å². The average molecular weight is 315 g/mol. The van der Waals surface area contributed by atoms with Gasteiger partial charge in [0.2, 0.25) is 5.91 Å². The van der Waals surface area contributed by atoms with E-state index in [1.165, 1.54) is 4.90 Å². The Labute approximate surface area is 135 Å². The van der Waals surface area contributed by atoms with Gasteiger partial charge >= 0.3 is 0 Å². The number of benzene rings is 1. The molecule has 1 aliphatic heterocycles. The number of hydrogen-bond donors (Lipinski definition) is 1. The van der Waals surface area contributed by atoms with Gasteiger partial charge in [-0.15, -0.1) is 0 Å². The summed E-state index contributed by atoms with van der Waals surface area (Å²) >= 11 is 0. The predicted octanol–water partition coefficient (Wildman–Crippen LogP) is 1.20. The van der Waals surface area contributed by atoms with E-state index in [2.05, 4.69) is 6.07 Å². The summed E-state index contributed by atoms with van der Waals surface area (Å²) in [7, 11) is 1.55. The van der Waals surface area contributed by atoms with Crippen LogP contribution in [0.25, 0.3) is 0 Å². The van der Waals surface area contributed by atoms with Gasteiger partial charge in [0.05, 0.1) is 17.6 Å². The zero-order chi connectivity index (χ0) is 17.2. The van der Waals surface area contributed by atoms with E-state index in [1.807, 2.05) is 13.8 Å². The molecule has 0 aliphatic carbocycles. The molecule has 1 aromatic carbocycles. The molecular weight excluding hydrogens is 294 g/mol. The van der Waals surface area contributed by atoms with Gasteiger partial charge in [-0.3, -0.25) is 9.59 Å². The largest absolute Gasteiger partial charge is 0.380 e. The highest BCUT2D eigenvalue weighted by Crippen LogP contribution is 2.25. The first kappa shape index (κ1) is 17.0. The third kappa shape index (κ3) is 3.35. The Morgan fingerprint density at radius 3 is 2.43 bits per heavy atom. The van der Waals surface area contributed by atoms with Crippen molar-refractivity contribution in [3.05, 3.63) is 35.4 Å². The van der Waals surface area contributed by atoms with Crippen LogP contribution in [-0.4, -0.2) is 42.5 Å². The molecule has 6 nitrogen and oxygen atoms in total. The van der Waals surface area contributed by atoms with Crippen LogP contribution < -0.4 is 5.73 Å². The molecule has 2 rings (SSSR count). The Bertz CT molecular complexity index is 646. The summed E-state index contributed by atoms with van der Waals surface area (Å²) in [6.07, 6.45) is 0.227. The summed E-state index contributed by atoms with van der Waals surface area (Å²) in [6.45, 7) is 3.97. The lowest BCUT2D eigenvalue weighted by Crippen LogP contribution is -2.43. The van der Waals surface area contributed by atoms with Crippen LogP contribution in [-0.2, 0) is 14.9 Å². The summed E-state index contributed by atoms with van der Waals surface area (Å²) in [5, 5.41) is 9.16. The maximum Gasteiger partial charge on any atom is 0.254 e. The minimum atomic E-state index is -0.650. The molecule has 0 radical (unpaired) electrons. The number of carbonyl (C=O) groups is 2. The zero-order valence-electron chi connectivity index (χ0n) is 13.6. The number of amides is 2. The standard InChI is InChI=1S/C17H21N3O3/c1-17(2,10-18)12-6-4-11(5-7-12)16(22)20-9-13(23-3)8-14(20)15(19)21/h4-7,13-14H,8-9H2,1-3H3,(H2,19,21)/t13-,14-/m0/s1. The number of nitriles is 1. The second-order valence-electron chi connectivity index (χ2n) is 6.28. The van der Waals surface area contributed by atoms with Crippen molar-refractivity contribution < 1.29 is 14.3 Å². The number of carbonyl (C=O) groups excluding carboxylic acids is 2. The molecule has 1 heterocycles. The van der Waals surface area contributed by atoms with Crippen molar-refractivity contribution in [1.29, 1.82) is 5.26 Å². The highest BCUT2D eigenvalue weighted by Gasteiger charge is 2.39. The molecule has 23 heavy (non-hydrogen) atoms. The maximum atomic E-state index is 12.7. The topological polar surface area (TPSA) is 96.4 Å². The first-order valence-electron chi connectivity index (χ1n) is 7.45. The SMILES string of the molecule is CO[C@H]1C[C@@H](C(N)=O)N(C(=O)c2ccc(C(C)(C)C#N)cc2)C1. The van der Waals surface area contributed by atoms with Crippen LogP contribution in [0.3, 0.4) is 0 Å². The van der Waals surface area contributed by atoms with Gasteiger partial charge in [0.15, 0.2) is 0 Å². The second-order valence-corrected chi connectivity index (χ2v) is 6.28. The van der Waals surface area contributed by atoms with E-state index in [-0.39, 0.29) is 12.0 Å². The number of methoxy groups -OCH3 is 1. The van der Waals surface area contributed by atoms with Crippen LogP contribution in [0.4, 0.5) is 0 Å². The normalized spacial score (nSPS) is 21.0. The fraction of sp³-hybridized carbons (Fsp3) is 0.471. The molecular formula is C17H21N3O3. The Morgan fingerprint density at radius 2 is 1.96 bits per heavy atom. The van der Waals surface area contributed by atoms with Gasteiger partial charge in [-0.2, -0.15) is 5.26 Å². The summed E-state index contributed by atoms with van der Waals surface area (Å²) in [5.74, 6) is -0.783. The van der Waals surface area contributed by atoms with Crippen molar-refractivity contribution in [2.45, 2.75) is 37.8 Å². The van der Waals surface area contributed by atoms with E-state index in [0.29, 0.717) is 18.5 Å². The molecule has 0 saturated carbocycles. The van der Waals surface area contributed by atoms with Gasteiger partial charge in [-0.05, 0) is 31.5 Å². The summed E-state index contributed by atoms with van der Waals surface area (Å²) in [4.78, 5) is 25.7. The minimum Gasteiger partial charge on any atom is -0.380 e. The van der Waals surface area contributed by atoms with E-state index in [1.54, 1.807) is 31.4 Å². The highest BCUT2D eigenvalue weighted by atomic mass is 16.5. The second kappa shape index (κ2) is 6.39. The Kier molecular flexibility index (Phi) is 4.71. The molecule has 2 atom stereocenters. The molecule has 6 heteroatoms. The lowest BCUT2D eigenvalue weighted by atomic mass is 9.86. The molecule has 2 amide bonds. The third-order valence-electron chi connectivity index (χ3n) is 4.32. The lowest BCUT2D eigenvalue weighted by Gasteiger charge is -2.22. The van der Waals surface area contributed by atoms with Gasteiger partial charge in [0, 0.05) is 25.6 Å². The van der Waals surface area contributed by atoms with E-state index in [0.717, 1.165) is 5.56 Å².